The largest absolute Gasteiger partial charge is 0.487 e. The highest BCUT2D eigenvalue weighted by atomic mass is 79.9. The van der Waals surface area contributed by atoms with E-state index in [4.69, 9.17) is 35.8 Å². The molecule has 1 aliphatic carbocycles. The first-order chi connectivity index (χ1) is 20.5. The number of amides is 1. The van der Waals surface area contributed by atoms with E-state index in [1.165, 1.54) is 0 Å². The molecular weight excluding hydrogens is 643 g/mol. The van der Waals surface area contributed by atoms with Gasteiger partial charge in [-0.1, -0.05) is 11.6 Å². The first-order valence-corrected chi connectivity index (χ1v) is 16.1. The molecule has 0 bridgehead atoms. The predicted molar refractivity (Wildman–Crippen MR) is 164 cm³/mol. The number of fused-ring (bicyclic) bond motifs is 2. The summed E-state index contributed by atoms with van der Waals surface area (Å²) in [6.07, 6.45) is 3.12. The van der Waals surface area contributed by atoms with Crippen LogP contribution < -0.4 is 14.4 Å². The van der Waals surface area contributed by atoms with E-state index >= 15 is 0 Å². The average molecular weight is 680 g/mol. The lowest BCUT2D eigenvalue weighted by Gasteiger charge is -2.41. The number of nitrogens with zero attached hydrogens (tertiary/aromatic N) is 6. The standard InChI is InChI=1S/C30H37BrClFN6O4/c1-29(2,3)43-28(40)39-12-11-37(16-19(39)7-9-34)26-21-13-22(32)23(31)25(42-20-5-6-20)24(21)35-27(36-26)41-17-30-8-4-10-38(30)15-18(33)14-30/h13,18-20H,4-8,10-12,14-17H2,1-3H3/t18-,19+,30+/m1/s1. The molecule has 0 N–H and O–H groups in total. The second-order valence-corrected chi connectivity index (χ2v) is 14.2. The molecule has 1 aromatic carbocycles. The number of anilines is 1. The molecule has 2 aromatic rings. The lowest BCUT2D eigenvalue weighted by Crippen LogP contribution is -2.56. The summed E-state index contributed by atoms with van der Waals surface area (Å²) < 4.78 is 33.3. The van der Waals surface area contributed by atoms with Crippen molar-refractivity contribution in [1.82, 2.24) is 19.8 Å². The maximum absolute atomic E-state index is 14.4. The smallest absolute Gasteiger partial charge is 0.410 e. The van der Waals surface area contributed by atoms with E-state index in [1.54, 1.807) is 11.0 Å². The van der Waals surface area contributed by atoms with Crippen molar-refractivity contribution < 1.29 is 23.4 Å². The highest BCUT2D eigenvalue weighted by molar-refractivity contribution is 9.10. The maximum atomic E-state index is 14.4. The fraction of sp³-hybridized carbons (Fsp3) is 0.667. The van der Waals surface area contributed by atoms with Crippen molar-refractivity contribution in [1.29, 1.82) is 5.26 Å². The van der Waals surface area contributed by atoms with Gasteiger partial charge < -0.3 is 24.0 Å². The van der Waals surface area contributed by atoms with Gasteiger partial charge >= 0.3 is 12.1 Å². The molecule has 43 heavy (non-hydrogen) atoms. The summed E-state index contributed by atoms with van der Waals surface area (Å²) in [5.74, 6) is 1.11. The summed E-state index contributed by atoms with van der Waals surface area (Å²) in [6, 6.07) is 3.79. The molecule has 1 amide bonds. The van der Waals surface area contributed by atoms with Crippen molar-refractivity contribution in [3.63, 3.8) is 0 Å². The number of carbonyl (C=O) groups is 1. The summed E-state index contributed by atoms with van der Waals surface area (Å²) in [5, 5.41) is 10.8. The second-order valence-electron chi connectivity index (χ2n) is 13.0. The Hall–Kier alpha value is -2.62. The summed E-state index contributed by atoms with van der Waals surface area (Å²) in [5.41, 5.74) is -0.452. The molecule has 0 radical (unpaired) electrons. The highest BCUT2D eigenvalue weighted by Gasteiger charge is 2.49. The number of hydrogen-bond acceptors (Lipinski definition) is 9. The molecule has 1 saturated carbocycles. The minimum Gasteiger partial charge on any atom is -0.487 e. The van der Waals surface area contributed by atoms with Crippen LogP contribution in [0.15, 0.2) is 10.5 Å². The van der Waals surface area contributed by atoms with E-state index in [9.17, 15) is 14.4 Å². The van der Waals surface area contributed by atoms with Gasteiger partial charge in [-0.2, -0.15) is 15.2 Å². The minimum absolute atomic E-state index is 0.0871. The minimum atomic E-state index is -0.869. The molecule has 0 unspecified atom stereocenters. The number of hydrogen-bond donors (Lipinski definition) is 0. The molecule has 3 aliphatic heterocycles. The third-order valence-corrected chi connectivity index (χ3v) is 9.89. The van der Waals surface area contributed by atoms with Gasteiger partial charge in [0.1, 0.15) is 29.7 Å². The summed E-state index contributed by atoms with van der Waals surface area (Å²) in [4.78, 5) is 28.6. The van der Waals surface area contributed by atoms with Gasteiger partial charge in [0.2, 0.25) is 0 Å². The average Bonchev–Trinajstić information content (AvgIpc) is 3.60. The van der Waals surface area contributed by atoms with Gasteiger partial charge in [0.15, 0.2) is 5.75 Å². The molecular formula is C30H37BrClFN6O4. The number of benzene rings is 1. The van der Waals surface area contributed by atoms with E-state index in [1.807, 2.05) is 25.7 Å². The van der Waals surface area contributed by atoms with Gasteiger partial charge in [0.05, 0.1) is 39.7 Å². The van der Waals surface area contributed by atoms with E-state index in [-0.39, 0.29) is 30.7 Å². The van der Waals surface area contributed by atoms with Crippen molar-refractivity contribution in [3.05, 3.63) is 15.6 Å². The van der Waals surface area contributed by atoms with E-state index < -0.39 is 23.9 Å². The molecule has 4 heterocycles. The SMILES string of the molecule is CC(C)(C)OC(=O)N1CCN(c2nc(OC[C@@]34CCCN3C[C@H](F)C4)nc3c(OC4CC4)c(Br)c(Cl)cc23)C[C@@H]1CC#N. The Kier molecular flexibility index (Phi) is 8.28. The molecule has 1 aromatic heterocycles. The van der Waals surface area contributed by atoms with Crippen LogP contribution in [0.2, 0.25) is 5.02 Å². The van der Waals surface area contributed by atoms with Crippen molar-refractivity contribution in [3.8, 4) is 17.8 Å². The summed E-state index contributed by atoms with van der Waals surface area (Å²) >= 11 is 10.3. The zero-order valence-corrected chi connectivity index (χ0v) is 27.1. The van der Waals surface area contributed by atoms with E-state index in [2.05, 4.69) is 26.9 Å². The third kappa shape index (κ3) is 6.31. The first-order valence-electron chi connectivity index (χ1n) is 15.0. The fourth-order valence-corrected chi connectivity index (χ4v) is 7.04. The van der Waals surface area contributed by atoms with Crippen molar-refractivity contribution in [2.24, 2.45) is 0 Å². The Morgan fingerprint density at radius 2 is 2.05 bits per heavy atom. The molecule has 232 valence electrons. The normalized spacial score (nSPS) is 26.0. The molecule has 0 spiro atoms. The van der Waals surface area contributed by atoms with E-state index in [0.717, 1.165) is 32.2 Å². The number of piperazine rings is 1. The van der Waals surface area contributed by atoms with Crippen LogP contribution in [0.3, 0.4) is 0 Å². The van der Waals surface area contributed by atoms with Crippen LogP contribution in [-0.2, 0) is 4.74 Å². The monoisotopic (exact) mass is 678 g/mol. The van der Waals surface area contributed by atoms with Crippen LogP contribution in [0.5, 0.6) is 11.8 Å². The van der Waals surface area contributed by atoms with Crippen LogP contribution in [-0.4, -0.2) is 94.6 Å². The van der Waals surface area contributed by atoms with Gasteiger partial charge in [0.25, 0.3) is 0 Å². The van der Waals surface area contributed by atoms with Gasteiger partial charge in [-0.25, -0.2) is 9.18 Å². The number of rotatable bonds is 7. The Bertz CT molecular complexity index is 1450. The highest BCUT2D eigenvalue weighted by Crippen LogP contribution is 2.45. The third-order valence-electron chi connectivity index (χ3n) is 8.58. The summed E-state index contributed by atoms with van der Waals surface area (Å²) in [7, 11) is 0. The molecule has 3 atom stereocenters. The zero-order valence-electron chi connectivity index (χ0n) is 24.7. The van der Waals surface area contributed by atoms with Crippen molar-refractivity contribution >= 4 is 50.3 Å². The number of ether oxygens (including phenoxy) is 3. The molecule has 6 rings (SSSR count). The molecule has 3 saturated heterocycles. The van der Waals surface area contributed by atoms with Gasteiger partial charge in [0, 0.05) is 38.0 Å². The van der Waals surface area contributed by atoms with Gasteiger partial charge in [-0.15, -0.1) is 0 Å². The van der Waals surface area contributed by atoms with Gasteiger partial charge in [-0.05, 0) is 75.0 Å². The Morgan fingerprint density at radius 3 is 2.77 bits per heavy atom. The van der Waals surface area contributed by atoms with Gasteiger partial charge in [-0.3, -0.25) is 4.90 Å². The number of carbonyl (C=O) groups excluding carboxylic acids is 1. The van der Waals surface area contributed by atoms with Crippen LogP contribution >= 0.6 is 27.5 Å². The Balaban J connectivity index is 1.36. The van der Waals surface area contributed by atoms with Crippen molar-refractivity contribution in [2.45, 2.75) is 88.8 Å². The number of nitriles is 1. The summed E-state index contributed by atoms with van der Waals surface area (Å²) in [6.45, 7) is 8.18. The lowest BCUT2D eigenvalue weighted by molar-refractivity contribution is 0.0145. The molecule has 4 fully saturated rings. The zero-order chi connectivity index (χ0) is 30.5. The quantitative estimate of drug-likeness (QED) is 0.355. The maximum Gasteiger partial charge on any atom is 0.410 e. The molecule has 13 heteroatoms. The molecule has 4 aliphatic rings. The Morgan fingerprint density at radius 1 is 1.26 bits per heavy atom. The lowest BCUT2D eigenvalue weighted by atomic mass is 9.95. The fourth-order valence-electron chi connectivity index (χ4n) is 6.45. The first kappa shape index (κ1) is 30.4. The number of aromatic nitrogens is 2. The van der Waals surface area contributed by atoms with Crippen LogP contribution in [0.4, 0.5) is 15.0 Å². The van der Waals surface area contributed by atoms with Crippen molar-refractivity contribution in [2.75, 3.05) is 44.2 Å². The van der Waals surface area contributed by atoms with E-state index in [0.29, 0.717) is 64.6 Å². The van der Waals surface area contributed by atoms with Crippen LogP contribution in [0.1, 0.15) is 59.3 Å². The Labute approximate surface area is 264 Å². The second kappa shape index (κ2) is 11.7. The predicted octanol–water partition coefficient (Wildman–Crippen LogP) is 5.88. The molecule has 10 nitrogen and oxygen atoms in total. The van der Waals surface area contributed by atoms with Crippen LogP contribution in [0.25, 0.3) is 10.9 Å². The number of alkyl halides is 1. The topological polar surface area (TPSA) is 104 Å². The van der Waals surface area contributed by atoms with Crippen LogP contribution in [0, 0.1) is 11.3 Å². The number of halogens is 3.